The fourth-order valence-corrected chi connectivity index (χ4v) is 2.69. The smallest absolute Gasteiger partial charge is 0.0531 e. The van der Waals surface area contributed by atoms with Gasteiger partial charge in [-0.05, 0) is 55.8 Å². The molecule has 0 amide bonds. The molecule has 2 heteroatoms. The summed E-state index contributed by atoms with van der Waals surface area (Å²) in [5, 5.41) is 0. The van der Waals surface area contributed by atoms with Crippen LogP contribution in [0, 0.1) is 13.8 Å². The van der Waals surface area contributed by atoms with E-state index in [1.165, 1.54) is 28.2 Å². The summed E-state index contributed by atoms with van der Waals surface area (Å²) in [5.41, 5.74) is 6.17. The molecule has 1 nitrogen and oxygen atoms in total. The summed E-state index contributed by atoms with van der Waals surface area (Å²) in [6.07, 6.45) is 0. The molecule has 3 rings (SSSR count). The third-order valence-corrected chi connectivity index (χ3v) is 4.04. The lowest BCUT2D eigenvalue weighted by atomic mass is 10.1. The van der Waals surface area contributed by atoms with Gasteiger partial charge in [0.1, 0.15) is 0 Å². The van der Waals surface area contributed by atoms with Crippen molar-refractivity contribution < 1.29 is 0 Å². The van der Waals surface area contributed by atoms with Crippen LogP contribution in [0.15, 0.2) is 65.1 Å². The fraction of sp³-hybridized carbons (Fsp3) is 0.111. The van der Waals surface area contributed by atoms with Gasteiger partial charge in [0.2, 0.25) is 0 Å². The van der Waals surface area contributed by atoms with Crippen molar-refractivity contribution in [3.05, 3.63) is 76.4 Å². The van der Waals surface area contributed by atoms with Gasteiger partial charge in [-0.25, -0.2) is 0 Å². The van der Waals surface area contributed by atoms with E-state index in [0.29, 0.717) is 0 Å². The molecule has 0 aliphatic carbocycles. The molecule has 0 unspecified atom stereocenters. The molecule has 20 heavy (non-hydrogen) atoms. The summed E-state index contributed by atoms with van der Waals surface area (Å²) >= 11 is 3.49. The zero-order chi connectivity index (χ0) is 14.1. The molecule has 1 heterocycles. The standard InChI is InChI=1S/C18H16BrN/c1-13-3-10-17(11-4-13)20-14(2)5-12-18(20)15-6-8-16(19)9-7-15/h3-12H,1-2H3. The zero-order valence-corrected chi connectivity index (χ0v) is 13.2. The van der Waals surface area contributed by atoms with Gasteiger partial charge in [0.05, 0.1) is 5.69 Å². The second-order valence-electron chi connectivity index (χ2n) is 5.04. The van der Waals surface area contributed by atoms with Gasteiger partial charge in [0.25, 0.3) is 0 Å². The predicted octanol–water partition coefficient (Wildman–Crippen LogP) is 5.52. The Labute approximate surface area is 128 Å². The molecule has 0 radical (unpaired) electrons. The van der Waals surface area contributed by atoms with Crippen LogP contribution in [0.4, 0.5) is 0 Å². The third-order valence-electron chi connectivity index (χ3n) is 3.51. The molecule has 1 aromatic heterocycles. The summed E-state index contributed by atoms with van der Waals surface area (Å²) in [5.74, 6) is 0. The molecule has 3 aromatic rings. The first kappa shape index (κ1) is 13.2. The van der Waals surface area contributed by atoms with Crippen molar-refractivity contribution in [1.29, 1.82) is 0 Å². The Bertz CT molecular complexity index is 721. The SMILES string of the molecule is Cc1ccc(-n2c(C)ccc2-c2ccc(Br)cc2)cc1. The number of hydrogen-bond donors (Lipinski definition) is 0. The van der Waals surface area contributed by atoms with Crippen LogP contribution in [-0.2, 0) is 0 Å². The molecule has 0 bridgehead atoms. The maximum Gasteiger partial charge on any atom is 0.0531 e. The normalized spacial score (nSPS) is 10.8. The van der Waals surface area contributed by atoms with Crippen LogP contribution >= 0.6 is 15.9 Å². The molecule has 0 fully saturated rings. The third kappa shape index (κ3) is 2.44. The zero-order valence-electron chi connectivity index (χ0n) is 11.6. The van der Waals surface area contributed by atoms with E-state index in [-0.39, 0.29) is 0 Å². The Kier molecular flexibility index (Phi) is 3.49. The van der Waals surface area contributed by atoms with Gasteiger partial charge in [-0.2, -0.15) is 0 Å². The van der Waals surface area contributed by atoms with Gasteiger partial charge >= 0.3 is 0 Å². The highest BCUT2D eigenvalue weighted by Crippen LogP contribution is 2.27. The van der Waals surface area contributed by atoms with Crippen LogP contribution in [0.3, 0.4) is 0 Å². The van der Waals surface area contributed by atoms with Gasteiger partial charge < -0.3 is 4.57 Å². The highest BCUT2D eigenvalue weighted by atomic mass is 79.9. The molecule has 0 spiro atoms. The molecule has 0 aliphatic rings. The van der Waals surface area contributed by atoms with Crippen LogP contribution in [0.5, 0.6) is 0 Å². The van der Waals surface area contributed by atoms with E-state index >= 15 is 0 Å². The molecule has 100 valence electrons. The van der Waals surface area contributed by atoms with Crippen molar-refractivity contribution in [1.82, 2.24) is 4.57 Å². The number of aryl methyl sites for hydroxylation is 2. The Morgan fingerprint density at radius 1 is 0.750 bits per heavy atom. The summed E-state index contributed by atoms with van der Waals surface area (Å²) in [4.78, 5) is 0. The average molecular weight is 326 g/mol. The van der Waals surface area contributed by atoms with Gasteiger partial charge in [0, 0.05) is 15.9 Å². The lowest BCUT2D eigenvalue weighted by Gasteiger charge is -2.12. The molecular weight excluding hydrogens is 310 g/mol. The Morgan fingerprint density at radius 3 is 2.05 bits per heavy atom. The van der Waals surface area contributed by atoms with Crippen LogP contribution in [0.2, 0.25) is 0 Å². The van der Waals surface area contributed by atoms with Crippen molar-refractivity contribution in [2.45, 2.75) is 13.8 Å². The van der Waals surface area contributed by atoms with Crippen LogP contribution in [0.25, 0.3) is 16.9 Å². The minimum Gasteiger partial charge on any atom is -0.314 e. The van der Waals surface area contributed by atoms with Gasteiger partial charge in [-0.3, -0.25) is 0 Å². The number of nitrogens with zero attached hydrogens (tertiary/aromatic N) is 1. The summed E-state index contributed by atoms with van der Waals surface area (Å²) in [7, 11) is 0. The summed E-state index contributed by atoms with van der Waals surface area (Å²) in [6, 6.07) is 21.4. The number of rotatable bonds is 2. The Hall–Kier alpha value is -1.80. The molecule has 2 aromatic carbocycles. The van der Waals surface area contributed by atoms with Crippen molar-refractivity contribution in [3.63, 3.8) is 0 Å². The van der Waals surface area contributed by atoms with Crippen LogP contribution in [-0.4, -0.2) is 4.57 Å². The minimum atomic E-state index is 1.10. The molecule has 0 aliphatic heterocycles. The summed E-state index contributed by atoms with van der Waals surface area (Å²) in [6.45, 7) is 4.25. The molecule has 0 saturated heterocycles. The van der Waals surface area contributed by atoms with Gasteiger partial charge in [0.15, 0.2) is 0 Å². The highest BCUT2D eigenvalue weighted by Gasteiger charge is 2.09. The quantitative estimate of drug-likeness (QED) is 0.584. The largest absolute Gasteiger partial charge is 0.314 e. The topological polar surface area (TPSA) is 4.93 Å². The van der Waals surface area contributed by atoms with Crippen molar-refractivity contribution in [3.8, 4) is 16.9 Å². The molecule has 0 saturated carbocycles. The fourth-order valence-electron chi connectivity index (χ4n) is 2.42. The Balaban J connectivity index is 2.14. The predicted molar refractivity (Wildman–Crippen MR) is 88.4 cm³/mol. The second-order valence-corrected chi connectivity index (χ2v) is 5.95. The van der Waals surface area contributed by atoms with E-state index < -0.39 is 0 Å². The molecular formula is C18H16BrN. The second kappa shape index (κ2) is 5.29. The van der Waals surface area contributed by atoms with Crippen LogP contribution in [0.1, 0.15) is 11.3 Å². The van der Waals surface area contributed by atoms with Crippen molar-refractivity contribution in [2.24, 2.45) is 0 Å². The molecule has 0 N–H and O–H groups in total. The number of benzene rings is 2. The lowest BCUT2D eigenvalue weighted by Crippen LogP contribution is -1.98. The molecule has 0 atom stereocenters. The number of hydrogen-bond acceptors (Lipinski definition) is 0. The first-order valence-electron chi connectivity index (χ1n) is 6.66. The van der Waals surface area contributed by atoms with E-state index in [0.717, 1.165) is 4.47 Å². The van der Waals surface area contributed by atoms with Crippen molar-refractivity contribution in [2.75, 3.05) is 0 Å². The number of aromatic nitrogens is 1. The minimum absolute atomic E-state index is 1.10. The Morgan fingerprint density at radius 2 is 1.40 bits per heavy atom. The van der Waals surface area contributed by atoms with Gasteiger partial charge in [-0.15, -0.1) is 0 Å². The van der Waals surface area contributed by atoms with E-state index in [2.05, 4.69) is 95.0 Å². The van der Waals surface area contributed by atoms with Gasteiger partial charge in [-0.1, -0.05) is 45.8 Å². The first-order valence-corrected chi connectivity index (χ1v) is 7.46. The van der Waals surface area contributed by atoms with E-state index in [1.807, 2.05) is 0 Å². The maximum atomic E-state index is 3.49. The highest BCUT2D eigenvalue weighted by molar-refractivity contribution is 9.10. The van der Waals surface area contributed by atoms with E-state index in [9.17, 15) is 0 Å². The maximum absolute atomic E-state index is 3.49. The van der Waals surface area contributed by atoms with Crippen LogP contribution < -0.4 is 0 Å². The number of halogens is 1. The first-order chi connectivity index (χ1) is 9.65. The summed E-state index contributed by atoms with van der Waals surface area (Å²) < 4.78 is 3.40. The van der Waals surface area contributed by atoms with Crippen molar-refractivity contribution >= 4 is 15.9 Å². The monoisotopic (exact) mass is 325 g/mol. The van der Waals surface area contributed by atoms with E-state index in [4.69, 9.17) is 0 Å². The average Bonchev–Trinajstić information content (AvgIpc) is 2.83. The lowest BCUT2D eigenvalue weighted by molar-refractivity contribution is 1.02. The van der Waals surface area contributed by atoms with E-state index in [1.54, 1.807) is 0 Å².